The maximum atomic E-state index is 10.4. The van der Waals surface area contributed by atoms with Gasteiger partial charge in [0.15, 0.2) is 0 Å². The Labute approximate surface area is 106 Å². The zero-order chi connectivity index (χ0) is 12.6. The quantitative estimate of drug-likeness (QED) is 0.416. The Balaban J connectivity index is 2.56. The van der Waals surface area contributed by atoms with Gasteiger partial charge in [0.25, 0.3) is 0 Å². The van der Waals surface area contributed by atoms with E-state index in [4.69, 9.17) is 4.74 Å². The largest absolute Gasteiger partial charge is 0.390 e. The first-order valence-electron chi connectivity index (χ1n) is 7.18. The highest BCUT2D eigenvalue weighted by molar-refractivity contribution is 4.90. The lowest BCUT2D eigenvalue weighted by atomic mass is 9.85. The lowest BCUT2D eigenvalue weighted by molar-refractivity contribution is -0.131. The molecule has 1 unspecified atom stereocenters. The molecule has 2 heteroatoms. The van der Waals surface area contributed by atoms with E-state index >= 15 is 0 Å². The third-order valence-corrected chi connectivity index (χ3v) is 3.87. The van der Waals surface area contributed by atoms with Crippen LogP contribution in [-0.2, 0) is 4.74 Å². The second-order valence-corrected chi connectivity index (χ2v) is 5.15. The highest BCUT2D eigenvalue weighted by Crippen LogP contribution is 2.35. The fourth-order valence-electron chi connectivity index (χ4n) is 2.91. The van der Waals surface area contributed by atoms with Crippen molar-refractivity contribution in [2.45, 2.75) is 76.4 Å². The molecule has 17 heavy (non-hydrogen) atoms. The van der Waals surface area contributed by atoms with Crippen molar-refractivity contribution in [1.82, 2.24) is 0 Å². The summed E-state index contributed by atoms with van der Waals surface area (Å²) in [7, 11) is 0. The Morgan fingerprint density at radius 2 is 1.94 bits per heavy atom. The van der Waals surface area contributed by atoms with Gasteiger partial charge in [-0.05, 0) is 39.0 Å². The molecule has 0 aromatic rings. The van der Waals surface area contributed by atoms with Gasteiger partial charge in [0.1, 0.15) is 0 Å². The topological polar surface area (TPSA) is 29.5 Å². The van der Waals surface area contributed by atoms with Crippen molar-refractivity contribution in [1.29, 1.82) is 0 Å². The average molecular weight is 240 g/mol. The zero-order valence-electron chi connectivity index (χ0n) is 11.3. The summed E-state index contributed by atoms with van der Waals surface area (Å²) in [4.78, 5) is 0. The number of ether oxygens (including phenoxy) is 1. The number of hydrogen-bond donors (Lipinski definition) is 1. The minimum Gasteiger partial charge on any atom is -0.390 e. The summed E-state index contributed by atoms with van der Waals surface area (Å²) in [6.07, 6.45) is 11.5. The number of hydrogen-bond acceptors (Lipinski definition) is 2. The predicted molar refractivity (Wildman–Crippen MR) is 72.1 cm³/mol. The second kappa shape index (κ2) is 7.88. The second-order valence-electron chi connectivity index (χ2n) is 5.15. The van der Waals surface area contributed by atoms with E-state index in [1.165, 1.54) is 25.7 Å². The molecule has 0 aromatic carbocycles. The van der Waals surface area contributed by atoms with E-state index in [1.807, 2.05) is 13.0 Å². The van der Waals surface area contributed by atoms with Crippen molar-refractivity contribution >= 4 is 0 Å². The molecule has 0 spiro atoms. The summed E-state index contributed by atoms with van der Waals surface area (Å²) in [5, 5.41) is 10.4. The number of unbranched alkanes of at least 4 members (excludes halogenated alkanes) is 1. The van der Waals surface area contributed by atoms with E-state index in [2.05, 4.69) is 6.58 Å². The van der Waals surface area contributed by atoms with Gasteiger partial charge in [-0.2, -0.15) is 0 Å². The number of rotatable bonds is 7. The molecule has 0 amide bonds. The fraction of sp³-hybridized carbons (Fsp3) is 0.867. The van der Waals surface area contributed by atoms with E-state index in [0.717, 1.165) is 32.1 Å². The van der Waals surface area contributed by atoms with Crippen molar-refractivity contribution in [3.05, 3.63) is 12.7 Å². The Morgan fingerprint density at radius 1 is 1.29 bits per heavy atom. The summed E-state index contributed by atoms with van der Waals surface area (Å²) in [6.45, 7) is 6.46. The van der Waals surface area contributed by atoms with Crippen LogP contribution in [0.25, 0.3) is 0 Å². The number of aliphatic hydroxyl groups is 1. The van der Waals surface area contributed by atoms with Gasteiger partial charge in [-0.25, -0.2) is 0 Å². The van der Waals surface area contributed by atoms with Crippen LogP contribution in [0.1, 0.15) is 64.7 Å². The molecule has 0 heterocycles. The minimum absolute atomic E-state index is 0.258. The molecular formula is C15H28O2. The smallest absolute Gasteiger partial charge is 0.0939 e. The van der Waals surface area contributed by atoms with Gasteiger partial charge in [0.05, 0.1) is 11.7 Å². The number of allylic oxidation sites excluding steroid dienone is 1. The van der Waals surface area contributed by atoms with Gasteiger partial charge in [-0.3, -0.25) is 0 Å². The normalized spacial score (nSPS) is 21.8. The SMILES string of the molecule is C=CCCCC(O)C1(OCC)CCCCCC1. The van der Waals surface area contributed by atoms with Gasteiger partial charge in [0.2, 0.25) is 0 Å². The van der Waals surface area contributed by atoms with E-state index in [1.54, 1.807) is 0 Å². The van der Waals surface area contributed by atoms with Crippen LogP contribution >= 0.6 is 0 Å². The molecule has 1 aliphatic carbocycles. The Bertz CT molecular complexity index is 205. The first-order chi connectivity index (χ1) is 8.25. The molecule has 100 valence electrons. The summed E-state index contributed by atoms with van der Waals surface area (Å²) in [6, 6.07) is 0. The van der Waals surface area contributed by atoms with Crippen molar-refractivity contribution in [3.63, 3.8) is 0 Å². The maximum Gasteiger partial charge on any atom is 0.0939 e. The molecule has 1 atom stereocenters. The summed E-state index contributed by atoms with van der Waals surface area (Å²) < 4.78 is 5.97. The highest BCUT2D eigenvalue weighted by Gasteiger charge is 2.38. The molecule has 0 saturated heterocycles. The van der Waals surface area contributed by atoms with E-state index in [9.17, 15) is 5.11 Å². The molecule has 0 bridgehead atoms. The van der Waals surface area contributed by atoms with Gasteiger partial charge < -0.3 is 9.84 Å². The van der Waals surface area contributed by atoms with Crippen molar-refractivity contribution in [2.24, 2.45) is 0 Å². The van der Waals surface area contributed by atoms with E-state index in [0.29, 0.717) is 6.61 Å². The van der Waals surface area contributed by atoms with Crippen LogP contribution < -0.4 is 0 Å². The predicted octanol–water partition coefficient (Wildman–Crippen LogP) is 3.83. The molecule has 0 aromatic heterocycles. The molecule has 1 N–H and O–H groups in total. The maximum absolute atomic E-state index is 10.4. The first kappa shape index (κ1) is 14.7. The van der Waals surface area contributed by atoms with Crippen LogP contribution in [0.5, 0.6) is 0 Å². The molecular weight excluding hydrogens is 212 g/mol. The van der Waals surface area contributed by atoms with Gasteiger partial charge in [-0.1, -0.05) is 31.8 Å². The lowest BCUT2D eigenvalue weighted by Gasteiger charge is -2.37. The van der Waals surface area contributed by atoms with Crippen LogP contribution in [-0.4, -0.2) is 23.4 Å². The highest BCUT2D eigenvalue weighted by atomic mass is 16.5. The van der Waals surface area contributed by atoms with E-state index < -0.39 is 0 Å². The Hall–Kier alpha value is -0.340. The van der Waals surface area contributed by atoms with Crippen molar-refractivity contribution < 1.29 is 9.84 Å². The van der Waals surface area contributed by atoms with Crippen LogP contribution in [0.3, 0.4) is 0 Å². The Morgan fingerprint density at radius 3 is 2.47 bits per heavy atom. The van der Waals surface area contributed by atoms with Crippen LogP contribution in [0.15, 0.2) is 12.7 Å². The third-order valence-electron chi connectivity index (χ3n) is 3.87. The van der Waals surface area contributed by atoms with Gasteiger partial charge >= 0.3 is 0 Å². The molecule has 1 fully saturated rings. The van der Waals surface area contributed by atoms with Crippen molar-refractivity contribution in [3.8, 4) is 0 Å². The zero-order valence-corrected chi connectivity index (χ0v) is 11.3. The summed E-state index contributed by atoms with van der Waals surface area (Å²) >= 11 is 0. The molecule has 0 aliphatic heterocycles. The van der Waals surface area contributed by atoms with Crippen LogP contribution in [0.2, 0.25) is 0 Å². The van der Waals surface area contributed by atoms with Gasteiger partial charge in [0, 0.05) is 6.61 Å². The van der Waals surface area contributed by atoms with Gasteiger partial charge in [-0.15, -0.1) is 6.58 Å². The molecule has 0 radical (unpaired) electrons. The van der Waals surface area contributed by atoms with Crippen LogP contribution in [0, 0.1) is 0 Å². The molecule has 1 rings (SSSR count). The minimum atomic E-state index is -0.305. The molecule has 1 saturated carbocycles. The Kier molecular flexibility index (Phi) is 6.83. The molecule has 1 aliphatic rings. The van der Waals surface area contributed by atoms with E-state index in [-0.39, 0.29) is 11.7 Å². The number of aliphatic hydroxyl groups excluding tert-OH is 1. The average Bonchev–Trinajstić information content (AvgIpc) is 2.56. The summed E-state index contributed by atoms with van der Waals surface area (Å²) in [5.41, 5.74) is -0.258. The lowest BCUT2D eigenvalue weighted by Crippen LogP contribution is -2.44. The fourth-order valence-corrected chi connectivity index (χ4v) is 2.91. The van der Waals surface area contributed by atoms with Crippen molar-refractivity contribution in [2.75, 3.05) is 6.61 Å². The summed E-state index contributed by atoms with van der Waals surface area (Å²) in [5.74, 6) is 0. The standard InChI is InChI=1S/C15H28O2/c1-3-5-8-11-14(16)15(17-4-2)12-9-6-7-10-13-15/h3,14,16H,1,4-13H2,2H3. The van der Waals surface area contributed by atoms with Crippen LogP contribution in [0.4, 0.5) is 0 Å². The third kappa shape index (κ3) is 4.44. The monoisotopic (exact) mass is 240 g/mol. The first-order valence-corrected chi connectivity index (χ1v) is 7.18. The molecule has 2 nitrogen and oxygen atoms in total.